The van der Waals surface area contributed by atoms with Crippen molar-refractivity contribution in [1.82, 2.24) is 72.9 Å². The van der Waals surface area contributed by atoms with Crippen LogP contribution in [-0.2, 0) is 96.1 Å². The standard InChI is InChI=1S/C77H98ClN17O13/c1-46(2)35-59(68(99)87-58(15-9-29-84-77(80)81)76(107)95-30-10-16-66(95)75(106)85-47(3)67(79)98)88-72(103)63(40-53-11-7-27-82-42-53)90-71(102)62(37-49-17-19-51(20-18-49)44-94-31-33-108-34-32-94)92-74(105)65(45-96)93-73(104)64(41-54-12-8-28-83-43-54)91-70(101)61(38-50-22-25-57(78)26-23-50)89-69(100)60(86-48(4)97)39-52-21-24-55-13-5-6-14-56(55)36-52/h5-8,11-14,17-28,36,42-43,46-47,58-66,96H,9-10,15-16,29-35,37-41,44-45H2,1-4H3,(H2,79,98)(H,85,106)(H,86,97)(H,87,99)(H,88,103)(H,89,100)(H,90,102)(H,91,101)(H,92,105)(H,93,104)(H4,80,81,84). The Hall–Kier alpha value is -10.9. The van der Waals surface area contributed by atoms with Gasteiger partial charge in [-0.25, -0.2) is 0 Å². The maximum atomic E-state index is 15.3. The highest BCUT2D eigenvalue weighted by molar-refractivity contribution is 6.30. The lowest BCUT2D eigenvalue weighted by Gasteiger charge is -2.31. The summed E-state index contributed by atoms with van der Waals surface area (Å²) in [5, 5.41) is 48.2. The van der Waals surface area contributed by atoms with Gasteiger partial charge >= 0.3 is 0 Å². The first-order chi connectivity index (χ1) is 51.8. The van der Waals surface area contributed by atoms with Gasteiger partial charge in [-0.3, -0.25) is 73.0 Å². The Bertz CT molecular complexity index is 4080. The summed E-state index contributed by atoms with van der Waals surface area (Å²) in [6.45, 7) is 8.71. The lowest BCUT2D eigenvalue weighted by Crippen LogP contribution is -2.62. The van der Waals surface area contributed by atoms with Gasteiger partial charge in [0.25, 0.3) is 0 Å². The number of aromatic nitrogens is 2. The van der Waals surface area contributed by atoms with Gasteiger partial charge in [0.15, 0.2) is 5.96 Å². The van der Waals surface area contributed by atoms with Crippen LogP contribution in [0.5, 0.6) is 0 Å². The number of aliphatic hydroxyl groups excluding tert-OH is 1. The zero-order valence-corrected chi connectivity index (χ0v) is 61.8. The van der Waals surface area contributed by atoms with Crippen LogP contribution in [0, 0.1) is 11.3 Å². The topological polar surface area (TPSA) is 446 Å². The third-order valence-corrected chi connectivity index (χ3v) is 18.8. The zero-order valence-electron chi connectivity index (χ0n) is 61.0. The number of amides is 11. The van der Waals surface area contributed by atoms with E-state index in [1.807, 2.05) is 68.4 Å². The molecule has 10 unspecified atom stereocenters. The van der Waals surface area contributed by atoms with E-state index in [0.29, 0.717) is 66.5 Å². The summed E-state index contributed by atoms with van der Waals surface area (Å²) in [7, 11) is 0. The van der Waals surface area contributed by atoms with Gasteiger partial charge in [0, 0.05) is 102 Å². The predicted octanol–water partition coefficient (Wildman–Crippen LogP) is 0.810. The number of halogens is 1. The molecule has 2 aromatic heterocycles. The van der Waals surface area contributed by atoms with Crippen LogP contribution in [0.4, 0.5) is 0 Å². The largest absolute Gasteiger partial charge is 0.394 e. The minimum Gasteiger partial charge on any atom is -0.394 e. The van der Waals surface area contributed by atoms with Gasteiger partial charge in [0.05, 0.1) is 19.8 Å². The van der Waals surface area contributed by atoms with Crippen molar-refractivity contribution in [2.45, 2.75) is 159 Å². The van der Waals surface area contributed by atoms with E-state index in [-0.39, 0.29) is 82.8 Å². The second kappa shape index (κ2) is 41.2. The molecule has 10 atom stereocenters. The van der Waals surface area contributed by atoms with Gasteiger partial charge in [0.2, 0.25) is 65.0 Å². The number of pyridine rings is 2. The van der Waals surface area contributed by atoms with E-state index in [9.17, 15) is 48.3 Å². The average molecular weight is 1510 g/mol. The number of hydrogen-bond acceptors (Lipinski definition) is 17. The molecule has 0 bridgehead atoms. The smallest absolute Gasteiger partial charge is 0.245 e. The second-order valence-corrected chi connectivity index (χ2v) is 28.0. The van der Waals surface area contributed by atoms with Gasteiger partial charge in [-0.15, -0.1) is 0 Å². The minimum absolute atomic E-state index is 0.00626. The number of aliphatic hydroxyl groups is 1. The molecule has 16 N–H and O–H groups in total. The SMILES string of the molecule is CC(=O)NC(Cc1ccc2ccccc2c1)C(=O)NC(Cc1ccc(Cl)cc1)C(=O)NC(Cc1cccnc1)C(=O)NC(CO)C(=O)NC(Cc1ccc(CN2CCOCC2)cc1)C(=O)NC(Cc1cccnc1)C(=O)NC(CC(C)C)C(=O)NC(CCCNC(=N)N)C(=O)N1CCCC1C(=O)NC(C)C(N)=O. The molecule has 8 rings (SSSR count). The Balaban J connectivity index is 1.05. The normalized spacial score (nSPS) is 16.1. The number of carbonyl (C=O) groups excluding carboxylic acids is 11. The van der Waals surface area contributed by atoms with Crippen molar-refractivity contribution in [2.24, 2.45) is 17.4 Å². The van der Waals surface area contributed by atoms with Gasteiger partial charge < -0.3 is 79.4 Å². The summed E-state index contributed by atoms with van der Waals surface area (Å²) < 4.78 is 5.54. The van der Waals surface area contributed by atoms with E-state index in [2.05, 4.69) is 68.0 Å². The molecule has 108 heavy (non-hydrogen) atoms. The van der Waals surface area contributed by atoms with Gasteiger partial charge in [-0.1, -0.05) is 116 Å². The molecule has 6 aromatic rings. The third kappa shape index (κ3) is 25.9. The third-order valence-electron chi connectivity index (χ3n) is 18.5. The van der Waals surface area contributed by atoms with Crippen LogP contribution in [0.15, 0.2) is 140 Å². The molecule has 2 saturated heterocycles. The Morgan fingerprint density at radius 2 is 1.01 bits per heavy atom. The van der Waals surface area contributed by atoms with E-state index >= 15 is 9.59 Å². The van der Waals surface area contributed by atoms with Crippen LogP contribution in [0.2, 0.25) is 5.02 Å². The Labute approximate surface area is 632 Å². The van der Waals surface area contributed by atoms with E-state index < -0.39 is 132 Å². The lowest BCUT2D eigenvalue weighted by molar-refractivity contribution is -0.142. The molecule has 4 aromatic carbocycles. The summed E-state index contributed by atoms with van der Waals surface area (Å²) in [4.78, 5) is 169. The van der Waals surface area contributed by atoms with Crippen molar-refractivity contribution in [2.75, 3.05) is 46.0 Å². The predicted molar refractivity (Wildman–Crippen MR) is 403 cm³/mol. The van der Waals surface area contributed by atoms with Crippen molar-refractivity contribution in [3.05, 3.63) is 178 Å². The molecule has 11 amide bonds. The minimum atomic E-state index is -1.81. The molecule has 30 nitrogen and oxygen atoms in total. The summed E-state index contributed by atoms with van der Waals surface area (Å²) in [6.07, 6.45) is 6.12. The monoisotopic (exact) mass is 1500 g/mol. The second-order valence-electron chi connectivity index (χ2n) is 27.6. The van der Waals surface area contributed by atoms with Crippen molar-refractivity contribution in [3.8, 4) is 0 Å². The Morgan fingerprint density at radius 3 is 1.52 bits per heavy atom. The first kappa shape index (κ1) is 82.7. The highest BCUT2D eigenvalue weighted by Crippen LogP contribution is 2.23. The summed E-state index contributed by atoms with van der Waals surface area (Å²) in [5.41, 5.74) is 14.7. The molecule has 4 heterocycles. The number of hydrogen-bond donors (Lipinski definition) is 14. The number of guanidine groups is 1. The molecule has 0 spiro atoms. The highest BCUT2D eigenvalue weighted by Gasteiger charge is 2.40. The number of nitrogens with two attached hydrogens (primary N) is 2. The number of nitrogens with one attached hydrogen (secondary N) is 11. The highest BCUT2D eigenvalue weighted by atomic mass is 35.5. The molecule has 0 aliphatic carbocycles. The number of rotatable bonds is 38. The van der Waals surface area contributed by atoms with Crippen LogP contribution in [0.1, 0.15) is 93.2 Å². The first-order valence-corrected chi connectivity index (χ1v) is 36.5. The lowest BCUT2D eigenvalue weighted by atomic mass is 9.99. The van der Waals surface area contributed by atoms with Crippen LogP contribution in [0.3, 0.4) is 0 Å². The number of benzene rings is 4. The Kier molecular flexibility index (Phi) is 31.6. The fourth-order valence-corrected chi connectivity index (χ4v) is 12.9. The molecule has 2 aliphatic rings. The molecule has 0 saturated carbocycles. The zero-order chi connectivity index (χ0) is 77.8. The summed E-state index contributed by atoms with van der Waals surface area (Å²) >= 11 is 6.27. The van der Waals surface area contributed by atoms with E-state index in [0.717, 1.165) is 21.9 Å². The molecule has 576 valence electrons. The molecular weight excluding hydrogens is 1410 g/mol. The molecule has 31 heteroatoms. The quantitative estimate of drug-likeness (QED) is 0.0145. The van der Waals surface area contributed by atoms with E-state index in [4.69, 9.17) is 33.2 Å². The number of nitrogens with zero attached hydrogens (tertiary/aromatic N) is 4. The average Bonchev–Trinajstić information content (AvgIpc) is 1.59. The Morgan fingerprint density at radius 1 is 0.546 bits per heavy atom. The number of morpholine rings is 1. The van der Waals surface area contributed by atoms with Crippen LogP contribution in [-0.4, -0.2) is 202 Å². The number of fused-ring (bicyclic) bond motifs is 1. The van der Waals surface area contributed by atoms with Crippen LogP contribution >= 0.6 is 11.6 Å². The number of ether oxygens (including phenoxy) is 1. The van der Waals surface area contributed by atoms with Crippen LogP contribution < -0.4 is 64.6 Å². The fourth-order valence-electron chi connectivity index (χ4n) is 12.8. The van der Waals surface area contributed by atoms with Crippen molar-refractivity contribution in [3.63, 3.8) is 0 Å². The van der Waals surface area contributed by atoms with Crippen molar-refractivity contribution < 1.29 is 62.6 Å². The summed E-state index contributed by atoms with van der Waals surface area (Å²) in [5.74, 6) is -9.26. The fraction of sp³-hybridized carbons (Fsp3) is 0.429. The van der Waals surface area contributed by atoms with E-state index in [1.165, 1.54) is 43.5 Å². The first-order valence-electron chi connectivity index (χ1n) is 36.2. The number of carbonyl (C=O) groups is 11. The maximum Gasteiger partial charge on any atom is 0.245 e. The van der Waals surface area contributed by atoms with Crippen LogP contribution in [0.25, 0.3) is 10.8 Å². The van der Waals surface area contributed by atoms with Crippen molar-refractivity contribution >= 4 is 93.3 Å². The van der Waals surface area contributed by atoms with Crippen molar-refractivity contribution in [1.29, 1.82) is 5.41 Å². The molecular formula is C77H98ClN17O13. The van der Waals surface area contributed by atoms with Gasteiger partial charge in [0.1, 0.15) is 60.4 Å². The van der Waals surface area contributed by atoms with E-state index in [1.54, 1.807) is 60.7 Å². The molecule has 2 fully saturated rings. The molecule has 2 aliphatic heterocycles. The molecule has 0 radical (unpaired) electrons. The van der Waals surface area contributed by atoms with Gasteiger partial charge in [-0.05, 0) is 113 Å². The maximum absolute atomic E-state index is 15.3. The number of likely N-dealkylation sites (tertiary alicyclic amines) is 1. The number of primary amides is 1. The summed E-state index contributed by atoms with van der Waals surface area (Å²) in [6, 6.07) is 20.0. The van der Waals surface area contributed by atoms with Gasteiger partial charge in [-0.2, -0.15) is 0 Å².